The maximum absolute atomic E-state index is 12.5. The first kappa shape index (κ1) is 19.1. The fourth-order valence-electron chi connectivity index (χ4n) is 2.63. The van der Waals surface area contributed by atoms with Crippen LogP contribution in [0.3, 0.4) is 0 Å². The van der Waals surface area contributed by atoms with E-state index >= 15 is 0 Å². The number of ketones is 1. The first-order valence-corrected chi connectivity index (χ1v) is 10.4. The van der Waals surface area contributed by atoms with Gasteiger partial charge in [0, 0.05) is 10.6 Å². The van der Waals surface area contributed by atoms with Crippen molar-refractivity contribution in [3.05, 3.63) is 69.2 Å². The summed E-state index contributed by atoms with van der Waals surface area (Å²) < 4.78 is 0.463. The van der Waals surface area contributed by atoms with E-state index in [0.717, 1.165) is 28.0 Å². The van der Waals surface area contributed by atoms with E-state index in [2.05, 4.69) is 10.2 Å². The lowest BCUT2D eigenvalue weighted by atomic mass is 10.1. The van der Waals surface area contributed by atoms with Crippen molar-refractivity contribution in [1.82, 2.24) is 10.2 Å². The van der Waals surface area contributed by atoms with Crippen molar-refractivity contribution in [2.75, 3.05) is 10.7 Å². The first-order chi connectivity index (χ1) is 13.5. The van der Waals surface area contributed by atoms with Crippen molar-refractivity contribution in [3.63, 3.8) is 0 Å². The smallest absolute Gasteiger partial charge is 0.268 e. The Morgan fingerprint density at radius 2 is 1.71 bits per heavy atom. The second-order valence-electron chi connectivity index (χ2n) is 5.68. The average Bonchev–Trinajstić information content (AvgIpc) is 3.23. The summed E-state index contributed by atoms with van der Waals surface area (Å²) in [6.07, 6.45) is 0. The molecular formula is C18H9Cl2N3O3S2. The summed E-state index contributed by atoms with van der Waals surface area (Å²) in [5.74, 6) is -0.975. The van der Waals surface area contributed by atoms with Gasteiger partial charge >= 0.3 is 0 Å². The van der Waals surface area contributed by atoms with E-state index < -0.39 is 11.8 Å². The number of imide groups is 1. The fourth-order valence-corrected chi connectivity index (χ4v) is 4.87. The summed E-state index contributed by atoms with van der Waals surface area (Å²) in [5.41, 5.74) is 1.04. The molecule has 4 rings (SSSR count). The highest BCUT2D eigenvalue weighted by atomic mass is 35.5. The van der Waals surface area contributed by atoms with E-state index in [1.54, 1.807) is 36.4 Å². The van der Waals surface area contributed by atoms with Crippen LogP contribution in [0.15, 0.2) is 46.8 Å². The molecule has 2 amide bonds. The number of aromatic nitrogens is 2. The molecule has 0 atom stereocenters. The zero-order valence-electron chi connectivity index (χ0n) is 13.9. The molecule has 2 heterocycles. The quantitative estimate of drug-likeness (QED) is 0.244. The van der Waals surface area contributed by atoms with Gasteiger partial charge in [-0.15, -0.1) is 10.2 Å². The van der Waals surface area contributed by atoms with Gasteiger partial charge in [0.15, 0.2) is 10.1 Å². The van der Waals surface area contributed by atoms with Crippen LogP contribution in [-0.4, -0.2) is 33.5 Å². The van der Waals surface area contributed by atoms with Crippen molar-refractivity contribution in [1.29, 1.82) is 0 Å². The molecule has 0 N–H and O–H groups in total. The number of benzene rings is 2. The van der Waals surface area contributed by atoms with Gasteiger partial charge in [0.1, 0.15) is 0 Å². The van der Waals surface area contributed by atoms with Crippen molar-refractivity contribution in [2.24, 2.45) is 0 Å². The molecule has 0 radical (unpaired) electrons. The predicted octanol–water partition coefficient (Wildman–Crippen LogP) is 4.62. The highest BCUT2D eigenvalue weighted by Gasteiger charge is 2.38. The molecule has 0 spiro atoms. The molecule has 0 bridgehead atoms. The number of carbonyl (C=O) groups is 3. The molecule has 3 aromatic rings. The molecular weight excluding hydrogens is 441 g/mol. The number of hydrogen-bond acceptors (Lipinski definition) is 7. The van der Waals surface area contributed by atoms with E-state index in [1.165, 1.54) is 6.07 Å². The van der Waals surface area contributed by atoms with E-state index in [4.69, 9.17) is 23.2 Å². The van der Waals surface area contributed by atoms with Crippen LogP contribution < -0.4 is 4.90 Å². The summed E-state index contributed by atoms with van der Waals surface area (Å²) >= 11 is 14.1. The second-order valence-corrected chi connectivity index (χ2v) is 8.70. The number of fused-ring (bicyclic) bond motifs is 1. The normalized spacial score (nSPS) is 13.1. The molecule has 1 aliphatic heterocycles. The first-order valence-electron chi connectivity index (χ1n) is 7.88. The second kappa shape index (κ2) is 7.63. The number of halogens is 2. The lowest BCUT2D eigenvalue weighted by Gasteiger charge is -2.07. The van der Waals surface area contributed by atoms with Crippen LogP contribution in [-0.2, 0) is 0 Å². The maximum atomic E-state index is 12.5. The largest absolute Gasteiger partial charge is 0.293 e. The Kier molecular flexibility index (Phi) is 5.20. The summed E-state index contributed by atoms with van der Waals surface area (Å²) in [5, 5.41) is 8.81. The van der Waals surface area contributed by atoms with E-state index in [-0.39, 0.29) is 21.7 Å². The zero-order chi connectivity index (χ0) is 19.8. The standard InChI is InChI=1S/C18H9Cl2N3O3S2/c19-9-5-6-12(13(20)7-9)14(24)8-27-18-22-21-17(28-18)23-15(25)10-3-1-2-4-11(10)16(23)26/h1-7H,8H2. The number of rotatable bonds is 5. The van der Waals surface area contributed by atoms with Crippen LogP contribution in [0.5, 0.6) is 0 Å². The fraction of sp³-hybridized carbons (Fsp3) is 0.0556. The molecule has 0 unspecified atom stereocenters. The Morgan fingerprint density at radius 3 is 2.36 bits per heavy atom. The Bertz CT molecular complexity index is 1100. The van der Waals surface area contributed by atoms with Gasteiger partial charge in [-0.1, -0.05) is 58.4 Å². The van der Waals surface area contributed by atoms with Gasteiger partial charge in [-0.3, -0.25) is 14.4 Å². The highest BCUT2D eigenvalue weighted by molar-refractivity contribution is 8.01. The monoisotopic (exact) mass is 449 g/mol. The van der Waals surface area contributed by atoms with Crippen LogP contribution in [0.4, 0.5) is 5.13 Å². The third-order valence-electron chi connectivity index (χ3n) is 3.94. The number of hydrogen-bond donors (Lipinski definition) is 0. The van der Waals surface area contributed by atoms with Gasteiger partial charge in [-0.05, 0) is 30.3 Å². The van der Waals surface area contributed by atoms with Gasteiger partial charge in [0.05, 0.1) is 21.9 Å². The third kappa shape index (κ3) is 3.44. The molecule has 0 saturated carbocycles. The van der Waals surface area contributed by atoms with Crippen LogP contribution in [0.1, 0.15) is 31.1 Å². The van der Waals surface area contributed by atoms with Gasteiger partial charge < -0.3 is 0 Å². The SMILES string of the molecule is O=C(CSc1nnc(N2C(=O)c3ccccc3C2=O)s1)c1ccc(Cl)cc1Cl. The van der Waals surface area contributed by atoms with Crippen molar-refractivity contribution in [2.45, 2.75) is 4.34 Å². The number of nitrogens with zero attached hydrogens (tertiary/aromatic N) is 3. The average molecular weight is 450 g/mol. The number of amides is 2. The van der Waals surface area contributed by atoms with Crippen LogP contribution in [0.25, 0.3) is 0 Å². The van der Waals surface area contributed by atoms with Crippen LogP contribution >= 0.6 is 46.3 Å². The predicted molar refractivity (Wildman–Crippen MR) is 109 cm³/mol. The molecule has 2 aromatic carbocycles. The highest BCUT2D eigenvalue weighted by Crippen LogP contribution is 2.34. The molecule has 0 saturated heterocycles. The van der Waals surface area contributed by atoms with Crippen molar-refractivity contribution >= 4 is 69.0 Å². The molecule has 140 valence electrons. The summed E-state index contributed by atoms with van der Waals surface area (Å²) in [4.78, 5) is 38.3. The molecule has 28 heavy (non-hydrogen) atoms. The van der Waals surface area contributed by atoms with Gasteiger partial charge in [0.25, 0.3) is 11.8 Å². The van der Waals surface area contributed by atoms with Crippen molar-refractivity contribution < 1.29 is 14.4 Å². The van der Waals surface area contributed by atoms with Gasteiger partial charge in [-0.2, -0.15) is 0 Å². The minimum Gasteiger partial charge on any atom is -0.293 e. The lowest BCUT2D eigenvalue weighted by molar-refractivity contribution is 0.0924. The lowest BCUT2D eigenvalue weighted by Crippen LogP contribution is -2.29. The minimum atomic E-state index is -0.433. The number of carbonyl (C=O) groups excluding carboxylic acids is 3. The number of Topliss-reactive ketones (excluding diaryl/α,β-unsaturated/α-hetero) is 1. The maximum Gasteiger partial charge on any atom is 0.268 e. The molecule has 0 aliphatic carbocycles. The Hall–Kier alpha value is -2.26. The van der Waals surface area contributed by atoms with E-state index in [0.29, 0.717) is 26.1 Å². The van der Waals surface area contributed by atoms with Gasteiger partial charge in [0.2, 0.25) is 5.13 Å². The Morgan fingerprint density at radius 1 is 1.04 bits per heavy atom. The van der Waals surface area contributed by atoms with Gasteiger partial charge in [-0.25, -0.2) is 4.90 Å². The number of anilines is 1. The summed E-state index contributed by atoms with van der Waals surface area (Å²) in [6, 6.07) is 11.3. The Labute approximate surface area is 177 Å². The molecule has 1 aromatic heterocycles. The van der Waals surface area contributed by atoms with Crippen LogP contribution in [0, 0.1) is 0 Å². The van der Waals surface area contributed by atoms with E-state index in [9.17, 15) is 14.4 Å². The molecule has 1 aliphatic rings. The molecule has 6 nitrogen and oxygen atoms in total. The molecule has 10 heteroatoms. The van der Waals surface area contributed by atoms with E-state index in [1.807, 2.05) is 0 Å². The van der Waals surface area contributed by atoms with Crippen molar-refractivity contribution in [3.8, 4) is 0 Å². The summed E-state index contributed by atoms with van der Waals surface area (Å²) in [7, 11) is 0. The topological polar surface area (TPSA) is 80.2 Å². The van der Waals surface area contributed by atoms with Crippen LogP contribution in [0.2, 0.25) is 10.0 Å². The third-order valence-corrected chi connectivity index (χ3v) is 6.53. The zero-order valence-corrected chi connectivity index (χ0v) is 17.0. The molecule has 0 fully saturated rings. The minimum absolute atomic E-state index is 0.0815. The number of thioether (sulfide) groups is 1. The Balaban J connectivity index is 1.48. The summed E-state index contributed by atoms with van der Waals surface area (Å²) in [6.45, 7) is 0.